The van der Waals surface area contributed by atoms with Crippen molar-refractivity contribution in [3.05, 3.63) is 94.4 Å². The van der Waals surface area contributed by atoms with Gasteiger partial charge in [0.05, 0.1) is 25.3 Å². The molecule has 0 aliphatic rings. The molecule has 0 atom stereocenters. The van der Waals surface area contributed by atoms with Gasteiger partial charge in [-0.1, -0.05) is 24.3 Å². The number of methoxy groups -OCH3 is 2. The molecule has 3 aromatic carbocycles. The van der Waals surface area contributed by atoms with Gasteiger partial charge in [-0.05, 0) is 48.7 Å². The minimum absolute atomic E-state index is 0.306. The second-order valence-corrected chi connectivity index (χ2v) is 10.2. The van der Waals surface area contributed by atoms with Crippen LogP contribution in [0, 0.1) is 17.0 Å². The van der Waals surface area contributed by atoms with Gasteiger partial charge >= 0.3 is 11.9 Å². The number of nitrogens with one attached hydrogen (secondary N) is 2. The summed E-state index contributed by atoms with van der Waals surface area (Å²) in [5.74, 6) is -5.50. The molecule has 0 aliphatic carbocycles. The zero-order chi connectivity index (χ0) is 30.4. The van der Waals surface area contributed by atoms with Gasteiger partial charge < -0.3 is 19.1 Å². The first-order chi connectivity index (χ1) is 20.1. The Morgan fingerprint density at radius 3 is 1.71 bits per heavy atom. The van der Waals surface area contributed by atoms with E-state index in [4.69, 9.17) is 19.1 Å². The molecule has 13 heteroatoms. The minimum Gasteiger partial charge on any atom is -0.493 e. The van der Waals surface area contributed by atoms with E-state index in [0.29, 0.717) is 16.4 Å². The fraction of sp³-hybridized carbons (Fsp3) is 0.172. The van der Waals surface area contributed by atoms with E-state index in [1.54, 1.807) is 18.2 Å². The number of amides is 2. The maximum atomic E-state index is 14.0. The van der Waals surface area contributed by atoms with Crippen molar-refractivity contribution in [1.82, 2.24) is 11.0 Å². The first-order valence-electron chi connectivity index (χ1n) is 12.2. The largest absolute Gasteiger partial charge is 0.493 e. The van der Waals surface area contributed by atoms with Crippen molar-refractivity contribution in [2.24, 2.45) is 5.41 Å². The van der Waals surface area contributed by atoms with Gasteiger partial charge in [0.1, 0.15) is 11.6 Å². The summed E-state index contributed by atoms with van der Waals surface area (Å²) in [6, 6.07) is 15.1. The van der Waals surface area contributed by atoms with Crippen LogP contribution < -0.4 is 20.4 Å². The van der Waals surface area contributed by atoms with Gasteiger partial charge in [-0.2, -0.15) is 11.0 Å². The fourth-order valence-electron chi connectivity index (χ4n) is 3.90. The topological polar surface area (TPSA) is 129 Å². The average molecular weight is 599 g/mol. The van der Waals surface area contributed by atoms with Gasteiger partial charge in [-0.3, -0.25) is 9.59 Å². The Balaban J connectivity index is 1.59. The molecule has 218 valence electrons. The van der Waals surface area contributed by atoms with Crippen LogP contribution in [-0.2, 0) is 25.7 Å². The van der Waals surface area contributed by atoms with E-state index < -0.39 is 51.9 Å². The number of carbonyl (C=O) groups excluding carboxylic acids is 4. The molecule has 4 rings (SSSR count). The Bertz CT molecular complexity index is 1560. The second-order valence-electron chi connectivity index (χ2n) is 9.07. The third-order valence-electron chi connectivity index (χ3n) is 6.21. The van der Waals surface area contributed by atoms with E-state index in [2.05, 4.69) is 0 Å². The molecule has 0 unspecified atom stereocenters. The number of thiophene rings is 1. The van der Waals surface area contributed by atoms with Gasteiger partial charge in [0.25, 0.3) is 11.8 Å². The lowest BCUT2D eigenvalue weighted by Crippen LogP contribution is -2.46. The Morgan fingerprint density at radius 1 is 0.762 bits per heavy atom. The van der Waals surface area contributed by atoms with Crippen molar-refractivity contribution >= 4 is 45.2 Å². The summed E-state index contributed by atoms with van der Waals surface area (Å²) in [7, 11) is 2.96. The summed E-state index contributed by atoms with van der Waals surface area (Å²) in [5.41, 5.74) is 0.716. The van der Waals surface area contributed by atoms with Crippen LogP contribution in [0.4, 0.5) is 8.78 Å². The predicted molar refractivity (Wildman–Crippen MR) is 147 cm³/mol. The molecule has 1 aromatic heterocycles. The molecule has 2 amide bonds. The monoisotopic (exact) mass is 598 g/mol. The number of rotatable bonds is 8. The molecular formula is C29H24F2N2O8S. The lowest BCUT2D eigenvalue weighted by molar-refractivity contribution is -0.177. The Labute approximate surface area is 242 Å². The molecule has 10 nitrogen and oxygen atoms in total. The van der Waals surface area contributed by atoms with E-state index in [1.165, 1.54) is 68.9 Å². The number of benzene rings is 3. The number of fused-ring (bicyclic) bond motifs is 1. The molecule has 42 heavy (non-hydrogen) atoms. The van der Waals surface area contributed by atoms with Crippen molar-refractivity contribution in [3.8, 4) is 11.5 Å². The van der Waals surface area contributed by atoms with Crippen LogP contribution in [0.2, 0.25) is 0 Å². The van der Waals surface area contributed by atoms with Crippen molar-refractivity contribution < 1.29 is 47.1 Å². The highest BCUT2D eigenvalue weighted by molar-refractivity contribution is 7.19. The zero-order valence-electron chi connectivity index (χ0n) is 22.5. The van der Waals surface area contributed by atoms with E-state index >= 15 is 0 Å². The van der Waals surface area contributed by atoms with Crippen LogP contribution in [0.1, 0.15) is 32.5 Å². The molecule has 2 N–H and O–H groups in total. The summed E-state index contributed by atoms with van der Waals surface area (Å²) in [5, 5.41) is 0.720. The third-order valence-corrected chi connectivity index (χ3v) is 7.31. The number of hydrogen-bond acceptors (Lipinski definition) is 9. The molecule has 0 saturated carbocycles. The summed E-state index contributed by atoms with van der Waals surface area (Å²) >= 11 is 1.23. The van der Waals surface area contributed by atoms with Crippen molar-refractivity contribution in [1.29, 1.82) is 0 Å². The zero-order valence-corrected chi connectivity index (χ0v) is 23.3. The summed E-state index contributed by atoms with van der Waals surface area (Å²) in [6.07, 6.45) is -0.306. The van der Waals surface area contributed by atoms with Gasteiger partial charge in [0.2, 0.25) is 0 Å². The third kappa shape index (κ3) is 6.31. The van der Waals surface area contributed by atoms with E-state index in [9.17, 15) is 28.0 Å². The van der Waals surface area contributed by atoms with E-state index in [-0.39, 0.29) is 6.42 Å². The van der Waals surface area contributed by atoms with Crippen LogP contribution in [0.3, 0.4) is 0 Å². The molecule has 4 aromatic rings. The summed E-state index contributed by atoms with van der Waals surface area (Å²) < 4.78 is 39.4. The quantitative estimate of drug-likeness (QED) is 0.224. The number of carbonyl (C=O) groups is 4. The fourth-order valence-corrected chi connectivity index (χ4v) is 5.13. The van der Waals surface area contributed by atoms with Gasteiger partial charge in [0, 0.05) is 22.1 Å². The molecule has 0 fully saturated rings. The first kappa shape index (κ1) is 29.9. The molecule has 0 saturated heterocycles. The molecular weight excluding hydrogens is 574 g/mol. The Hall–Kier alpha value is -5.04. The number of hydroxylamine groups is 2. The van der Waals surface area contributed by atoms with Crippen molar-refractivity contribution in [2.45, 2.75) is 13.3 Å². The van der Waals surface area contributed by atoms with E-state index in [0.717, 1.165) is 22.2 Å². The highest BCUT2D eigenvalue weighted by Gasteiger charge is 2.46. The SMILES string of the molecule is COc1cc2cc(CC(C)(C(=O)ONC(=O)c3ccccc3F)C(=O)ONC(=O)c3ccccc3F)sc2cc1OC. The standard InChI is InChI=1S/C29H24F2N2O8S/c1-29(27(36)40-32-25(34)18-8-4-6-10-20(18)30,28(37)41-33-26(35)19-9-5-7-11-21(19)31)15-17-12-16-13-22(38-2)23(39-3)14-24(16)42-17/h4-14H,15H2,1-3H3,(H,32,34)(H,33,35). The average Bonchev–Trinajstić information content (AvgIpc) is 3.38. The van der Waals surface area contributed by atoms with Crippen molar-refractivity contribution in [2.75, 3.05) is 14.2 Å². The van der Waals surface area contributed by atoms with E-state index in [1.807, 2.05) is 11.0 Å². The highest BCUT2D eigenvalue weighted by atomic mass is 32.1. The molecule has 0 spiro atoms. The minimum atomic E-state index is -2.15. The lowest BCUT2D eigenvalue weighted by Gasteiger charge is -2.24. The number of hydrogen-bond donors (Lipinski definition) is 2. The van der Waals surface area contributed by atoms with Crippen LogP contribution in [0.25, 0.3) is 10.1 Å². The molecule has 0 aliphatic heterocycles. The number of ether oxygens (including phenoxy) is 2. The van der Waals surface area contributed by atoms with Gasteiger partial charge in [0.15, 0.2) is 16.9 Å². The van der Waals surface area contributed by atoms with Crippen molar-refractivity contribution in [3.63, 3.8) is 0 Å². The first-order valence-corrected chi connectivity index (χ1v) is 13.1. The number of halogens is 2. The molecule has 0 bridgehead atoms. The van der Waals surface area contributed by atoms with Crippen LogP contribution >= 0.6 is 11.3 Å². The predicted octanol–water partition coefficient (Wildman–Crippen LogP) is 4.52. The van der Waals surface area contributed by atoms with Gasteiger partial charge in [-0.25, -0.2) is 18.4 Å². The Kier molecular flexibility index (Phi) is 9.01. The lowest BCUT2D eigenvalue weighted by atomic mass is 9.86. The van der Waals surface area contributed by atoms with Gasteiger partial charge in [-0.15, -0.1) is 11.3 Å². The van der Waals surface area contributed by atoms with Crippen LogP contribution in [0.15, 0.2) is 66.7 Å². The molecule has 0 radical (unpaired) electrons. The second kappa shape index (κ2) is 12.6. The highest BCUT2D eigenvalue weighted by Crippen LogP contribution is 2.38. The molecule has 1 heterocycles. The summed E-state index contributed by atoms with van der Waals surface area (Å²) in [6.45, 7) is 1.17. The van der Waals surface area contributed by atoms with Crippen LogP contribution in [-0.4, -0.2) is 38.0 Å². The van der Waals surface area contributed by atoms with Crippen LogP contribution in [0.5, 0.6) is 11.5 Å². The smallest absolute Gasteiger partial charge is 0.349 e. The summed E-state index contributed by atoms with van der Waals surface area (Å²) in [4.78, 5) is 61.7. The normalized spacial score (nSPS) is 11.0. The maximum Gasteiger partial charge on any atom is 0.349 e. The Morgan fingerprint density at radius 2 is 1.24 bits per heavy atom. The maximum absolute atomic E-state index is 14.0.